The van der Waals surface area contributed by atoms with E-state index in [1.54, 1.807) is 18.0 Å². The smallest absolute Gasteiger partial charge is 0.238 e. The van der Waals surface area contributed by atoms with E-state index >= 15 is 0 Å². The van der Waals surface area contributed by atoms with Crippen molar-refractivity contribution in [2.75, 3.05) is 5.32 Å². The SMILES string of the molecule is Cc1ccc2c(c1)SC(C(=O)Nc1c[nH]ccc1=O)C2. The number of aromatic amines is 1. The highest BCUT2D eigenvalue weighted by Gasteiger charge is 2.28. The lowest BCUT2D eigenvalue weighted by atomic mass is 10.1. The minimum Gasteiger partial charge on any atom is -0.366 e. The first-order chi connectivity index (χ1) is 9.63. The highest BCUT2D eigenvalue weighted by molar-refractivity contribution is 8.01. The molecule has 2 heterocycles. The highest BCUT2D eigenvalue weighted by atomic mass is 32.2. The zero-order valence-electron chi connectivity index (χ0n) is 11.0. The molecule has 1 amide bonds. The fraction of sp³-hybridized carbons (Fsp3) is 0.200. The number of benzene rings is 1. The van der Waals surface area contributed by atoms with Crippen LogP contribution in [0.5, 0.6) is 0 Å². The number of fused-ring (bicyclic) bond motifs is 1. The second-order valence-electron chi connectivity index (χ2n) is 4.83. The van der Waals surface area contributed by atoms with Gasteiger partial charge in [0.25, 0.3) is 0 Å². The third-order valence-corrected chi connectivity index (χ3v) is 4.57. The molecule has 2 N–H and O–H groups in total. The molecule has 0 radical (unpaired) electrons. The summed E-state index contributed by atoms with van der Waals surface area (Å²) in [5.74, 6) is -0.124. The number of thioether (sulfide) groups is 1. The van der Waals surface area contributed by atoms with Crippen molar-refractivity contribution in [1.82, 2.24) is 4.98 Å². The largest absolute Gasteiger partial charge is 0.366 e. The van der Waals surface area contributed by atoms with Crippen LogP contribution >= 0.6 is 11.8 Å². The number of amides is 1. The minimum atomic E-state index is -0.187. The van der Waals surface area contributed by atoms with Crippen LogP contribution in [0.25, 0.3) is 0 Å². The first kappa shape index (κ1) is 13.0. The fourth-order valence-corrected chi connectivity index (χ4v) is 3.50. The summed E-state index contributed by atoms with van der Waals surface area (Å²) >= 11 is 1.56. The summed E-state index contributed by atoms with van der Waals surface area (Å²) in [6.07, 6.45) is 3.76. The van der Waals surface area contributed by atoms with E-state index in [2.05, 4.69) is 28.5 Å². The lowest BCUT2D eigenvalue weighted by Crippen LogP contribution is -2.27. The number of nitrogens with one attached hydrogen (secondary N) is 2. The van der Waals surface area contributed by atoms with Crippen LogP contribution in [-0.4, -0.2) is 16.1 Å². The van der Waals surface area contributed by atoms with E-state index in [-0.39, 0.29) is 16.6 Å². The molecule has 5 heteroatoms. The van der Waals surface area contributed by atoms with E-state index in [0.717, 1.165) is 4.90 Å². The predicted octanol–water partition coefficient (Wildman–Crippen LogP) is 2.34. The number of aromatic nitrogens is 1. The minimum absolute atomic E-state index is 0.124. The molecule has 20 heavy (non-hydrogen) atoms. The van der Waals surface area contributed by atoms with Gasteiger partial charge >= 0.3 is 0 Å². The predicted molar refractivity (Wildman–Crippen MR) is 80.2 cm³/mol. The van der Waals surface area contributed by atoms with Crippen LogP contribution in [0.15, 0.2) is 46.3 Å². The van der Waals surface area contributed by atoms with Crippen molar-refractivity contribution in [1.29, 1.82) is 0 Å². The van der Waals surface area contributed by atoms with E-state index < -0.39 is 0 Å². The van der Waals surface area contributed by atoms with Crippen LogP contribution < -0.4 is 10.7 Å². The molecule has 0 bridgehead atoms. The van der Waals surface area contributed by atoms with Gasteiger partial charge in [0, 0.05) is 23.4 Å². The van der Waals surface area contributed by atoms with Crippen molar-refractivity contribution in [2.24, 2.45) is 0 Å². The van der Waals surface area contributed by atoms with Crippen molar-refractivity contribution < 1.29 is 4.79 Å². The quantitative estimate of drug-likeness (QED) is 0.890. The summed E-state index contributed by atoms with van der Waals surface area (Å²) in [4.78, 5) is 27.8. The van der Waals surface area contributed by atoms with Crippen molar-refractivity contribution in [2.45, 2.75) is 23.5 Å². The van der Waals surface area contributed by atoms with E-state index in [1.807, 2.05) is 6.92 Å². The number of pyridine rings is 1. The molecule has 0 aliphatic carbocycles. The Morgan fingerprint density at radius 2 is 2.25 bits per heavy atom. The molecule has 2 aromatic rings. The molecule has 1 aliphatic rings. The Labute approximate surface area is 120 Å². The number of aryl methyl sites for hydroxylation is 1. The molecule has 1 aliphatic heterocycles. The summed E-state index contributed by atoms with van der Waals surface area (Å²) in [7, 11) is 0. The lowest BCUT2D eigenvalue weighted by Gasteiger charge is -2.08. The average molecular weight is 286 g/mol. The van der Waals surface area contributed by atoms with Crippen LogP contribution in [-0.2, 0) is 11.2 Å². The molecular weight excluding hydrogens is 272 g/mol. The number of H-pyrrole nitrogens is 1. The standard InChI is InChI=1S/C15H14N2O2S/c1-9-2-3-10-7-14(20-13(10)6-9)15(19)17-11-8-16-5-4-12(11)18/h2-6,8,14H,7H2,1H3,(H,16,18)(H,17,19). The van der Waals surface area contributed by atoms with Gasteiger partial charge in [0.2, 0.25) is 11.3 Å². The molecular formula is C15H14N2O2S. The summed E-state index contributed by atoms with van der Waals surface area (Å²) in [6, 6.07) is 7.62. The Morgan fingerprint density at radius 1 is 1.40 bits per heavy atom. The van der Waals surface area contributed by atoms with Crippen LogP contribution in [0.4, 0.5) is 5.69 Å². The normalized spacial score (nSPS) is 16.8. The Bertz CT molecular complexity index is 724. The van der Waals surface area contributed by atoms with Crippen molar-refractivity contribution >= 4 is 23.4 Å². The number of anilines is 1. The van der Waals surface area contributed by atoms with E-state index in [0.29, 0.717) is 12.1 Å². The topological polar surface area (TPSA) is 62.0 Å². The van der Waals surface area contributed by atoms with Gasteiger partial charge in [-0.05, 0) is 25.0 Å². The maximum absolute atomic E-state index is 12.2. The third-order valence-electron chi connectivity index (χ3n) is 3.27. The van der Waals surface area contributed by atoms with Gasteiger partial charge in [0.1, 0.15) is 5.69 Å². The molecule has 1 aromatic heterocycles. The highest BCUT2D eigenvalue weighted by Crippen LogP contribution is 2.37. The van der Waals surface area contributed by atoms with Crippen molar-refractivity contribution in [3.8, 4) is 0 Å². The molecule has 0 saturated heterocycles. The van der Waals surface area contributed by atoms with Crippen LogP contribution in [0, 0.1) is 6.92 Å². The molecule has 102 valence electrons. The summed E-state index contributed by atoms with van der Waals surface area (Å²) in [6.45, 7) is 2.04. The van der Waals surface area contributed by atoms with Gasteiger partial charge in [-0.15, -0.1) is 11.8 Å². The average Bonchev–Trinajstić information content (AvgIpc) is 2.84. The van der Waals surface area contributed by atoms with Gasteiger partial charge in [-0.2, -0.15) is 0 Å². The Balaban J connectivity index is 1.75. The van der Waals surface area contributed by atoms with Gasteiger partial charge in [-0.3, -0.25) is 9.59 Å². The van der Waals surface area contributed by atoms with E-state index in [4.69, 9.17) is 0 Å². The van der Waals surface area contributed by atoms with Gasteiger partial charge in [-0.1, -0.05) is 17.7 Å². The molecule has 0 fully saturated rings. The number of carbonyl (C=O) groups excluding carboxylic acids is 1. The fourth-order valence-electron chi connectivity index (χ4n) is 2.21. The zero-order valence-corrected chi connectivity index (χ0v) is 11.8. The number of rotatable bonds is 2. The van der Waals surface area contributed by atoms with Gasteiger partial charge in [0.15, 0.2) is 0 Å². The van der Waals surface area contributed by atoms with Gasteiger partial charge < -0.3 is 10.3 Å². The summed E-state index contributed by atoms with van der Waals surface area (Å²) < 4.78 is 0. The molecule has 4 nitrogen and oxygen atoms in total. The van der Waals surface area contributed by atoms with Crippen LogP contribution in [0.3, 0.4) is 0 Å². The summed E-state index contributed by atoms with van der Waals surface area (Å²) in [5, 5.41) is 2.52. The second kappa shape index (κ2) is 5.17. The number of hydrogen-bond donors (Lipinski definition) is 2. The summed E-state index contributed by atoms with van der Waals surface area (Å²) in [5.41, 5.74) is 2.50. The second-order valence-corrected chi connectivity index (χ2v) is 6.08. The van der Waals surface area contributed by atoms with Crippen LogP contribution in [0.2, 0.25) is 0 Å². The first-order valence-electron chi connectivity index (χ1n) is 6.37. The number of carbonyl (C=O) groups is 1. The molecule has 3 rings (SSSR count). The van der Waals surface area contributed by atoms with Gasteiger partial charge in [-0.25, -0.2) is 0 Å². The molecule has 0 spiro atoms. The third kappa shape index (κ3) is 2.49. The Kier molecular flexibility index (Phi) is 3.36. The molecule has 1 aromatic carbocycles. The van der Waals surface area contributed by atoms with Crippen molar-refractivity contribution in [3.05, 3.63) is 58.0 Å². The number of hydrogen-bond acceptors (Lipinski definition) is 3. The molecule has 1 atom stereocenters. The zero-order chi connectivity index (χ0) is 14.1. The molecule has 0 saturated carbocycles. The van der Waals surface area contributed by atoms with Crippen molar-refractivity contribution in [3.63, 3.8) is 0 Å². The monoisotopic (exact) mass is 286 g/mol. The van der Waals surface area contributed by atoms with Gasteiger partial charge in [0.05, 0.1) is 5.25 Å². The lowest BCUT2D eigenvalue weighted by molar-refractivity contribution is -0.115. The Hall–Kier alpha value is -2.01. The van der Waals surface area contributed by atoms with E-state index in [1.165, 1.54) is 23.4 Å². The van der Waals surface area contributed by atoms with E-state index in [9.17, 15) is 9.59 Å². The first-order valence-corrected chi connectivity index (χ1v) is 7.25. The Morgan fingerprint density at radius 3 is 3.05 bits per heavy atom. The maximum atomic E-state index is 12.2. The van der Waals surface area contributed by atoms with Crippen LogP contribution in [0.1, 0.15) is 11.1 Å². The maximum Gasteiger partial charge on any atom is 0.238 e. The molecule has 1 unspecified atom stereocenters.